The molecule has 0 unspecified atom stereocenters. The second kappa shape index (κ2) is 7.49. The lowest BCUT2D eigenvalue weighted by molar-refractivity contribution is -0.274. The summed E-state index contributed by atoms with van der Waals surface area (Å²) < 4.78 is 40.4. The molecule has 0 fully saturated rings. The van der Waals surface area contributed by atoms with Gasteiger partial charge in [0, 0.05) is 13.6 Å². The van der Waals surface area contributed by atoms with E-state index in [1.54, 1.807) is 13.1 Å². The Morgan fingerprint density at radius 1 is 1.36 bits per heavy atom. The number of carbonyl (C=O) groups excluding carboxylic acids is 1. The normalized spacial score (nSPS) is 13.1. The van der Waals surface area contributed by atoms with Crippen molar-refractivity contribution in [1.29, 1.82) is 0 Å². The molecule has 124 valence electrons. The van der Waals surface area contributed by atoms with Gasteiger partial charge < -0.3 is 15.4 Å². The van der Waals surface area contributed by atoms with Crippen molar-refractivity contribution in [3.05, 3.63) is 29.8 Å². The summed E-state index contributed by atoms with van der Waals surface area (Å²) in [6.07, 6.45) is -4.18. The lowest BCUT2D eigenvalue weighted by atomic mass is 10.0. The van der Waals surface area contributed by atoms with E-state index in [1.165, 1.54) is 23.1 Å². The molecule has 1 amide bonds. The number of halogens is 3. The summed E-state index contributed by atoms with van der Waals surface area (Å²) in [6.45, 7) is 4.09. The van der Waals surface area contributed by atoms with Gasteiger partial charge in [0.25, 0.3) is 0 Å². The molecule has 0 aromatic heterocycles. The van der Waals surface area contributed by atoms with E-state index < -0.39 is 12.4 Å². The molecule has 1 aromatic carbocycles. The first-order valence-corrected chi connectivity index (χ1v) is 6.93. The first kappa shape index (κ1) is 18.3. The topological polar surface area (TPSA) is 55.6 Å². The zero-order chi connectivity index (χ0) is 16.9. The molecular weight excluding hydrogens is 297 g/mol. The molecule has 22 heavy (non-hydrogen) atoms. The molecule has 0 bridgehead atoms. The Labute approximate surface area is 128 Å². The SMILES string of the molecule is CC(C)C[C@H](N)C(=O)N(C)Cc1cccc(OC(F)(F)F)c1. The molecule has 4 nitrogen and oxygen atoms in total. The highest BCUT2D eigenvalue weighted by Crippen LogP contribution is 2.23. The van der Waals surface area contributed by atoms with Gasteiger partial charge in [0.1, 0.15) is 5.75 Å². The Bertz CT molecular complexity index is 504. The molecule has 0 saturated carbocycles. The third-order valence-electron chi connectivity index (χ3n) is 2.97. The number of carbonyl (C=O) groups is 1. The quantitative estimate of drug-likeness (QED) is 0.877. The number of likely N-dealkylation sites (N-methyl/N-ethyl adjacent to an activating group) is 1. The van der Waals surface area contributed by atoms with Crippen molar-refractivity contribution in [3.63, 3.8) is 0 Å². The first-order valence-electron chi connectivity index (χ1n) is 6.93. The van der Waals surface area contributed by atoms with Gasteiger partial charge in [-0.15, -0.1) is 13.2 Å². The van der Waals surface area contributed by atoms with Crippen LogP contribution in [0.3, 0.4) is 0 Å². The number of alkyl halides is 3. The van der Waals surface area contributed by atoms with Gasteiger partial charge in [0.2, 0.25) is 5.91 Å². The number of amides is 1. The van der Waals surface area contributed by atoms with Crippen LogP contribution in [0.2, 0.25) is 0 Å². The second-order valence-corrected chi connectivity index (χ2v) is 5.63. The molecule has 1 aromatic rings. The highest BCUT2D eigenvalue weighted by molar-refractivity contribution is 5.81. The fraction of sp³-hybridized carbons (Fsp3) is 0.533. The maximum absolute atomic E-state index is 12.2. The minimum absolute atomic E-state index is 0.166. The summed E-state index contributed by atoms with van der Waals surface area (Å²) in [6, 6.07) is 4.93. The third-order valence-corrected chi connectivity index (χ3v) is 2.97. The molecular formula is C15H21F3N2O2. The minimum Gasteiger partial charge on any atom is -0.406 e. The molecule has 7 heteroatoms. The molecule has 0 aliphatic rings. The predicted octanol–water partition coefficient (Wildman–Crippen LogP) is 2.92. The molecule has 1 rings (SSSR count). The van der Waals surface area contributed by atoms with Gasteiger partial charge in [0.05, 0.1) is 6.04 Å². The van der Waals surface area contributed by atoms with Crippen LogP contribution in [0.15, 0.2) is 24.3 Å². The smallest absolute Gasteiger partial charge is 0.406 e. The van der Waals surface area contributed by atoms with E-state index in [0.29, 0.717) is 12.0 Å². The van der Waals surface area contributed by atoms with E-state index in [0.717, 1.165) is 0 Å². The van der Waals surface area contributed by atoms with Crippen molar-refractivity contribution >= 4 is 5.91 Å². The van der Waals surface area contributed by atoms with Crippen LogP contribution in [0.4, 0.5) is 13.2 Å². The summed E-state index contributed by atoms with van der Waals surface area (Å²) >= 11 is 0. The van der Waals surface area contributed by atoms with E-state index >= 15 is 0 Å². The number of benzene rings is 1. The zero-order valence-electron chi connectivity index (χ0n) is 12.9. The number of rotatable bonds is 6. The van der Waals surface area contributed by atoms with E-state index in [2.05, 4.69) is 4.74 Å². The van der Waals surface area contributed by atoms with E-state index in [4.69, 9.17) is 5.73 Å². The maximum atomic E-state index is 12.2. The highest BCUT2D eigenvalue weighted by atomic mass is 19.4. The molecule has 0 saturated heterocycles. The number of hydrogen-bond acceptors (Lipinski definition) is 3. The highest BCUT2D eigenvalue weighted by Gasteiger charge is 2.31. The Morgan fingerprint density at radius 3 is 2.55 bits per heavy atom. The first-order chi connectivity index (χ1) is 10.1. The molecule has 0 radical (unpaired) electrons. The van der Waals surface area contributed by atoms with Crippen LogP contribution in [0.5, 0.6) is 5.75 Å². The summed E-state index contributed by atoms with van der Waals surface area (Å²) in [5, 5.41) is 0. The van der Waals surface area contributed by atoms with Crippen LogP contribution < -0.4 is 10.5 Å². The van der Waals surface area contributed by atoms with Crippen molar-refractivity contribution in [3.8, 4) is 5.75 Å². The van der Waals surface area contributed by atoms with Crippen molar-refractivity contribution < 1.29 is 22.7 Å². The molecule has 0 aliphatic carbocycles. The molecule has 0 aliphatic heterocycles. The summed E-state index contributed by atoms with van der Waals surface area (Å²) in [5.74, 6) is -0.260. The van der Waals surface area contributed by atoms with Gasteiger partial charge in [0.15, 0.2) is 0 Å². The van der Waals surface area contributed by atoms with Crippen LogP contribution in [0, 0.1) is 5.92 Å². The Kier molecular flexibility index (Phi) is 6.22. The number of ether oxygens (including phenoxy) is 1. The molecule has 0 heterocycles. The van der Waals surface area contributed by atoms with Gasteiger partial charge in [-0.05, 0) is 30.0 Å². The lowest BCUT2D eigenvalue weighted by Crippen LogP contribution is -2.42. The van der Waals surface area contributed by atoms with Crippen LogP contribution in [0.25, 0.3) is 0 Å². The van der Waals surface area contributed by atoms with Gasteiger partial charge in [-0.3, -0.25) is 4.79 Å². The summed E-state index contributed by atoms with van der Waals surface area (Å²) in [5.41, 5.74) is 6.36. The number of hydrogen-bond donors (Lipinski definition) is 1. The third kappa shape index (κ3) is 6.34. The second-order valence-electron chi connectivity index (χ2n) is 5.63. The maximum Gasteiger partial charge on any atom is 0.573 e. The molecule has 0 spiro atoms. The van der Waals surface area contributed by atoms with Gasteiger partial charge in [-0.1, -0.05) is 26.0 Å². The van der Waals surface area contributed by atoms with Gasteiger partial charge in [-0.2, -0.15) is 0 Å². The molecule has 1 atom stereocenters. The predicted molar refractivity (Wildman–Crippen MR) is 77.0 cm³/mol. The Morgan fingerprint density at radius 2 is 2.00 bits per heavy atom. The Hall–Kier alpha value is -1.76. The number of nitrogens with two attached hydrogens (primary N) is 1. The van der Waals surface area contributed by atoms with Crippen LogP contribution in [-0.2, 0) is 11.3 Å². The van der Waals surface area contributed by atoms with Gasteiger partial charge >= 0.3 is 6.36 Å². The Balaban J connectivity index is 2.70. The molecule has 2 N–H and O–H groups in total. The summed E-state index contributed by atoms with van der Waals surface area (Å²) in [4.78, 5) is 13.5. The number of nitrogens with zero attached hydrogens (tertiary/aromatic N) is 1. The van der Waals surface area contributed by atoms with Crippen molar-refractivity contribution in [2.75, 3.05) is 7.05 Å². The van der Waals surface area contributed by atoms with Crippen molar-refractivity contribution in [2.24, 2.45) is 11.7 Å². The lowest BCUT2D eigenvalue weighted by Gasteiger charge is -2.22. The van der Waals surface area contributed by atoms with E-state index in [9.17, 15) is 18.0 Å². The average Bonchev–Trinajstić information content (AvgIpc) is 2.35. The van der Waals surface area contributed by atoms with Crippen molar-refractivity contribution in [1.82, 2.24) is 4.90 Å². The fourth-order valence-corrected chi connectivity index (χ4v) is 2.08. The van der Waals surface area contributed by atoms with E-state index in [-0.39, 0.29) is 24.1 Å². The largest absolute Gasteiger partial charge is 0.573 e. The van der Waals surface area contributed by atoms with Crippen LogP contribution >= 0.6 is 0 Å². The zero-order valence-corrected chi connectivity index (χ0v) is 12.9. The minimum atomic E-state index is -4.74. The standard InChI is InChI=1S/C15H21F3N2O2/c1-10(2)7-13(19)14(21)20(3)9-11-5-4-6-12(8-11)22-15(16,17)18/h4-6,8,10,13H,7,9,19H2,1-3H3/t13-/m0/s1. The average molecular weight is 318 g/mol. The van der Waals surface area contributed by atoms with Crippen LogP contribution in [-0.4, -0.2) is 30.3 Å². The summed E-state index contributed by atoms with van der Waals surface area (Å²) in [7, 11) is 1.57. The monoisotopic (exact) mass is 318 g/mol. The van der Waals surface area contributed by atoms with Gasteiger partial charge in [-0.25, -0.2) is 0 Å². The van der Waals surface area contributed by atoms with E-state index in [1.807, 2.05) is 13.8 Å². The fourth-order valence-electron chi connectivity index (χ4n) is 2.08. The van der Waals surface area contributed by atoms with Crippen LogP contribution in [0.1, 0.15) is 25.8 Å². The van der Waals surface area contributed by atoms with Crippen molar-refractivity contribution in [2.45, 2.75) is 39.2 Å².